The minimum atomic E-state index is -1.01. The second-order valence-electron chi connectivity index (χ2n) is 6.24. The Kier molecular flexibility index (Phi) is 9.38. The Balaban J connectivity index is 0.00000114. The predicted octanol–water partition coefficient (Wildman–Crippen LogP) is 1.05. The molecule has 14 heteroatoms. The number of hydrogen-bond donors (Lipinski definition) is 3. The molecule has 0 fully saturated rings. The molecule has 1 aromatic carbocycles. The molecule has 170 valence electrons. The van der Waals surface area contributed by atoms with Crippen molar-refractivity contribution in [1.82, 2.24) is 30.2 Å². The van der Waals surface area contributed by atoms with Gasteiger partial charge in [-0.05, 0) is 40.6 Å². The summed E-state index contributed by atoms with van der Waals surface area (Å²) >= 11 is 5.62. The van der Waals surface area contributed by atoms with E-state index in [2.05, 4.69) is 25.4 Å². The fourth-order valence-corrected chi connectivity index (χ4v) is 2.54. The lowest BCUT2D eigenvalue weighted by Crippen LogP contribution is -2.30. The second kappa shape index (κ2) is 12.2. The van der Waals surface area contributed by atoms with Crippen LogP contribution in [0.4, 0.5) is 4.39 Å². The van der Waals surface area contributed by atoms with Crippen molar-refractivity contribution in [2.24, 2.45) is 5.73 Å². The van der Waals surface area contributed by atoms with Crippen LogP contribution in [0.15, 0.2) is 30.6 Å². The normalized spacial score (nSPS) is 11.2. The number of tetrazole rings is 1. The largest absolute Gasteiger partial charge is 0.490 e. The van der Waals surface area contributed by atoms with Crippen LogP contribution in [0.5, 0.6) is 5.75 Å². The SMILES string of the molecule is N[C@@H](CC(=O)O)Cn1nnc(-c2ccc(OCCc3cnc(Cl)nc3)c(F)c2)n1.O=CO. The highest BCUT2D eigenvalue weighted by Crippen LogP contribution is 2.23. The fourth-order valence-electron chi connectivity index (χ4n) is 2.44. The van der Waals surface area contributed by atoms with Crippen molar-refractivity contribution in [2.75, 3.05) is 6.61 Å². The first-order valence-corrected chi connectivity index (χ1v) is 9.42. The smallest absolute Gasteiger partial charge is 0.304 e. The second-order valence-corrected chi connectivity index (χ2v) is 6.57. The molecule has 0 spiro atoms. The van der Waals surface area contributed by atoms with Crippen molar-refractivity contribution in [3.05, 3.63) is 47.3 Å². The number of ether oxygens (including phenoxy) is 1. The van der Waals surface area contributed by atoms with Gasteiger partial charge in [-0.1, -0.05) is 0 Å². The van der Waals surface area contributed by atoms with Gasteiger partial charge in [0.25, 0.3) is 6.47 Å². The molecule has 0 aliphatic rings. The minimum absolute atomic E-state index is 0.0807. The van der Waals surface area contributed by atoms with Gasteiger partial charge in [0.15, 0.2) is 11.6 Å². The molecule has 3 rings (SSSR count). The van der Waals surface area contributed by atoms with Gasteiger partial charge in [0.05, 0.1) is 19.6 Å². The minimum Gasteiger partial charge on any atom is -0.490 e. The third-order valence-electron chi connectivity index (χ3n) is 3.80. The van der Waals surface area contributed by atoms with Gasteiger partial charge in [0.2, 0.25) is 11.1 Å². The molecule has 1 atom stereocenters. The number of hydrogen-bond acceptors (Lipinski definition) is 9. The van der Waals surface area contributed by atoms with Crippen LogP contribution in [0, 0.1) is 5.82 Å². The van der Waals surface area contributed by atoms with E-state index in [-0.39, 0.29) is 42.9 Å². The summed E-state index contributed by atoms with van der Waals surface area (Å²) in [4.78, 5) is 27.9. The van der Waals surface area contributed by atoms with Gasteiger partial charge in [0.1, 0.15) is 0 Å². The maximum atomic E-state index is 14.3. The van der Waals surface area contributed by atoms with Crippen molar-refractivity contribution >= 4 is 24.0 Å². The topological polar surface area (TPSA) is 179 Å². The predicted molar refractivity (Wildman–Crippen MR) is 108 cm³/mol. The van der Waals surface area contributed by atoms with Crippen LogP contribution in [-0.2, 0) is 22.6 Å². The third kappa shape index (κ3) is 7.85. The first-order valence-electron chi connectivity index (χ1n) is 9.04. The van der Waals surface area contributed by atoms with E-state index >= 15 is 0 Å². The highest BCUT2D eigenvalue weighted by atomic mass is 35.5. The van der Waals surface area contributed by atoms with Crippen LogP contribution in [0.1, 0.15) is 12.0 Å². The van der Waals surface area contributed by atoms with E-state index in [1.54, 1.807) is 18.5 Å². The average Bonchev–Trinajstić information content (AvgIpc) is 3.19. The van der Waals surface area contributed by atoms with Crippen LogP contribution in [0.25, 0.3) is 11.4 Å². The van der Waals surface area contributed by atoms with Crippen LogP contribution < -0.4 is 10.5 Å². The molecule has 3 aromatic rings. The van der Waals surface area contributed by atoms with Crippen LogP contribution in [-0.4, -0.2) is 65.5 Å². The van der Waals surface area contributed by atoms with Crippen molar-refractivity contribution in [1.29, 1.82) is 0 Å². The number of rotatable bonds is 9. The van der Waals surface area contributed by atoms with E-state index in [1.165, 1.54) is 16.9 Å². The Bertz CT molecular complexity index is 1030. The van der Waals surface area contributed by atoms with Crippen LogP contribution >= 0.6 is 11.6 Å². The first kappa shape index (κ1) is 24.6. The van der Waals surface area contributed by atoms with Crippen LogP contribution in [0.2, 0.25) is 5.28 Å². The number of benzene rings is 1. The van der Waals surface area contributed by atoms with Gasteiger partial charge in [-0.3, -0.25) is 9.59 Å². The van der Waals surface area contributed by atoms with Crippen molar-refractivity contribution in [3.63, 3.8) is 0 Å². The summed E-state index contributed by atoms with van der Waals surface area (Å²) in [6.07, 6.45) is 3.43. The van der Waals surface area contributed by atoms with E-state index in [1.807, 2.05) is 0 Å². The molecule has 2 heterocycles. The lowest BCUT2D eigenvalue weighted by atomic mass is 10.2. The lowest BCUT2D eigenvalue weighted by molar-refractivity contribution is -0.137. The molecule has 0 aliphatic carbocycles. The summed E-state index contributed by atoms with van der Waals surface area (Å²) in [7, 11) is 0. The maximum Gasteiger partial charge on any atom is 0.304 e. The number of aromatic nitrogens is 6. The average molecular weight is 468 g/mol. The van der Waals surface area contributed by atoms with Gasteiger partial charge in [-0.25, -0.2) is 14.4 Å². The van der Waals surface area contributed by atoms with Gasteiger partial charge in [-0.2, -0.15) is 4.80 Å². The van der Waals surface area contributed by atoms with Crippen molar-refractivity contribution in [3.8, 4) is 17.1 Å². The fraction of sp³-hybridized carbons (Fsp3) is 0.278. The van der Waals surface area contributed by atoms with Gasteiger partial charge < -0.3 is 20.7 Å². The van der Waals surface area contributed by atoms with E-state index in [9.17, 15) is 9.18 Å². The Morgan fingerprint density at radius 2 is 2.03 bits per heavy atom. The van der Waals surface area contributed by atoms with Gasteiger partial charge in [0, 0.05) is 30.4 Å². The Labute approximate surface area is 185 Å². The summed E-state index contributed by atoms with van der Waals surface area (Å²) < 4.78 is 19.8. The molecular formula is C18H19ClFN7O5. The van der Waals surface area contributed by atoms with Crippen LogP contribution in [0.3, 0.4) is 0 Å². The first-order chi connectivity index (χ1) is 15.3. The number of nitrogens with zero attached hydrogens (tertiary/aromatic N) is 6. The Hall–Kier alpha value is -3.71. The molecular weight excluding hydrogens is 449 g/mol. The zero-order valence-electron chi connectivity index (χ0n) is 16.5. The number of carboxylic acid groups (broad SMARTS) is 2. The quantitative estimate of drug-likeness (QED) is 0.302. The molecule has 4 N–H and O–H groups in total. The summed E-state index contributed by atoms with van der Waals surface area (Å²) in [5.41, 5.74) is 6.91. The summed E-state index contributed by atoms with van der Waals surface area (Å²) in [6.45, 7) is 0.0640. The number of carboxylic acids is 1. The van der Waals surface area contributed by atoms with Crippen molar-refractivity contribution in [2.45, 2.75) is 25.4 Å². The molecule has 32 heavy (non-hydrogen) atoms. The maximum absolute atomic E-state index is 14.3. The molecule has 0 radical (unpaired) electrons. The van der Waals surface area contributed by atoms with E-state index < -0.39 is 17.8 Å². The highest BCUT2D eigenvalue weighted by molar-refractivity contribution is 6.28. The Morgan fingerprint density at radius 3 is 2.66 bits per heavy atom. The molecule has 0 bridgehead atoms. The molecule has 0 saturated heterocycles. The zero-order chi connectivity index (χ0) is 23.5. The number of halogens is 2. The summed E-state index contributed by atoms with van der Waals surface area (Å²) in [5, 5.41) is 27.5. The molecule has 12 nitrogen and oxygen atoms in total. The standard InChI is InChI=1S/C17H17ClFN7O3.CH2O2/c18-17-21-7-10(8-22-17)3-4-29-14-2-1-11(5-13(14)19)16-23-25-26(24-16)9-12(20)6-15(27)28;2-1-3/h1-2,5,7-8,12H,3-4,6,9,20H2,(H,27,28);1H,(H,2,3)/t12-;/m0./s1. The zero-order valence-corrected chi connectivity index (χ0v) is 17.3. The van der Waals surface area contributed by atoms with Crippen molar-refractivity contribution < 1.29 is 28.9 Å². The number of nitrogens with two attached hydrogens (primary N) is 1. The highest BCUT2D eigenvalue weighted by Gasteiger charge is 2.14. The number of carbonyl (C=O) groups is 2. The summed E-state index contributed by atoms with van der Waals surface area (Å²) in [5.74, 6) is -1.32. The van der Waals surface area contributed by atoms with E-state index in [0.29, 0.717) is 12.0 Å². The Morgan fingerprint density at radius 1 is 1.34 bits per heavy atom. The number of aliphatic carboxylic acids is 1. The third-order valence-corrected chi connectivity index (χ3v) is 3.99. The van der Waals surface area contributed by atoms with E-state index in [4.69, 9.17) is 37.1 Å². The van der Waals surface area contributed by atoms with Gasteiger partial charge in [-0.15, -0.1) is 10.2 Å². The molecule has 0 saturated carbocycles. The molecule has 0 aliphatic heterocycles. The molecule has 0 amide bonds. The molecule has 0 unspecified atom stereocenters. The monoisotopic (exact) mass is 467 g/mol. The molecule has 2 aromatic heterocycles. The lowest BCUT2D eigenvalue weighted by Gasteiger charge is -2.08. The van der Waals surface area contributed by atoms with Gasteiger partial charge >= 0.3 is 5.97 Å². The van der Waals surface area contributed by atoms with E-state index in [0.717, 1.165) is 5.56 Å². The summed E-state index contributed by atoms with van der Waals surface area (Å²) in [6, 6.07) is 3.65.